The minimum absolute atomic E-state index is 0.0400. The summed E-state index contributed by atoms with van der Waals surface area (Å²) in [6.45, 7) is 0.835. The Bertz CT molecular complexity index is 1360. The van der Waals surface area contributed by atoms with Gasteiger partial charge in [0.2, 0.25) is 0 Å². The third kappa shape index (κ3) is 5.86. The van der Waals surface area contributed by atoms with Crippen molar-refractivity contribution in [1.29, 1.82) is 0 Å². The molecule has 14 heteroatoms. The van der Waals surface area contributed by atoms with Crippen LogP contribution in [0.1, 0.15) is 28.9 Å². The van der Waals surface area contributed by atoms with E-state index in [0.717, 1.165) is 38.9 Å². The molecular formula is C23H20N8O4S2. The van der Waals surface area contributed by atoms with Gasteiger partial charge in [-0.25, -0.2) is 9.36 Å². The van der Waals surface area contributed by atoms with Gasteiger partial charge in [-0.15, -0.1) is 33.7 Å². The molecule has 0 saturated carbocycles. The molecular weight excluding hydrogens is 516 g/mol. The zero-order valence-corrected chi connectivity index (χ0v) is 21.0. The second-order valence-corrected chi connectivity index (χ2v) is 10.6. The maximum atomic E-state index is 10.9. The SMILES string of the molecule is O=[N+]([O-])c1ccc(Cn2cc(C(=C3SCCCS3)c3cn(Cc4ccc([N+](=O)[O-])cc4)nn3)nn2)cc1. The number of benzene rings is 2. The lowest BCUT2D eigenvalue weighted by Crippen LogP contribution is -2.01. The highest BCUT2D eigenvalue weighted by Gasteiger charge is 2.22. The first kappa shape index (κ1) is 24.6. The third-order valence-corrected chi connectivity index (χ3v) is 8.16. The zero-order valence-electron chi connectivity index (χ0n) is 19.3. The van der Waals surface area contributed by atoms with E-state index in [2.05, 4.69) is 20.6 Å². The molecule has 37 heavy (non-hydrogen) atoms. The predicted molar refractivity (Wildman–Crippen MR) is 140 cm³/mol. The predicted octanol–water partition coefficient (Wildman–Crippen LogP) is 4.37. The summed E-state index contributed by atoms with van der Waals surface area (Å²) in [5.41, 5.74) is 4.01. The summed E-state index contributed by atoms with van der Waals surface area (Å²) >= 11 is 3.51. The van der Waals surface area contributed by atoms with Crippen LogP contribution in [-0.2, 0) is 13.1 Å². The fourth-order valence-corrected chi connectivity index (χ4v) is 6.39. The largest absolute Gasteiger partial charge is 0.269 e. The summed E-state index contributed by atoms with van der Waals surface area (Å²) in [5, 5.41) is 39.2. The molecule has 1 fully saturated rings. The minimum atomic E-state index is -0.426. The maximum Gasteiger partial charge on any atom is 0.269 e. The van der Waals surface area contributed by atoms with Crippen molar-refractivity contribution >= 4 is 40.5 Å². The van der Waals surface area contributed by atoms with E-state index in [4.69, 9.17) is 0 Å². The molecule has 1 saturated heterocycles. The Morgan fingerprint density at radius 2 is 1.19 bits per heavy atom. The van der Waals surface area contributed by atoms with Crippen LogP contribution >= 0.6 is 23.5 Å². The lowest BCUT2D eigenvalue weighted by Gasteiger charge is -2.15. The second kappa shape index (κ2) is 10.9. The van der Waals surface area contributed by atoms with Gasteiger partial charge in [-0.05, 0) is 29.1 Å². The van der Waals surface area contributed by atoms with Crippen LogP contribution in [-0.4, -0.2) is 51.3 Å². The summed E-state index contributed by atoms with van der Waals surface area (Å²) in [6, 6.07) is 12.7. The van der Waals surface area contributed by atoms with Gasteiger partial charge in [-0.3, -0.25) is 20.2 Å². The first-order chi connectivity index (χ1) is 18.0. The topological polar surface area (TPSA) is 148 Å². The highest BCUT2D eigenvalue weighted by molar-refractivity contribution is 8.23. The number of hydrogen-bond acceptors (Lipinski definition) is 10. The number of nitro benzene ring substituents is 2. The number of rotatable bonds is 8. The lowest BCUT2D eigenvalue weighted by molar-refractivity contribution is -0.385. The van der Waals surface area contributed by atoms with Crippen molar-refractivity contribution in [3.8, 4) is 0 Å². The van der Waals surface area contributed by atoms with Gasteiger partial charge in [0.05, 0.1) is 45.1 Å². The van der Waals surface area contributed by atoms with Crippen LogP contribution in [0.2, 0.25) is 0 Å². The first-order valence-electron chi connectivity index (χ1n) is 11.2. The lowest BCUT2D eigenvalue weighted by atomic mass is 10.1. The summed E-state index contributed by atoms with van der Waals surface area (Å²) < 4.78 is 4.49. The molecule has 1 aliphatic heterocycles. The molecule has 0 bridgehead atoms. The van der Waals surface area contributed by atoms with Gasteiger partial charge < -0.3 is 0 Å². The molecule has 0 spiro atoms. The van der Waals surface area contributed by atoms with Gasteiger partial charge in [0, 0.05) is 24.3 Å². The van der Waals surface area contributed by atoms with Crippen molar-refractivity contribution < 1.29 is 9.85 Å². The molecule has 2 aromatic heterocycles. The Hall–Kier alpha value is -4.04. The summed E-state index contributed by atoms with van der Waals surface area (Å²) in [7, 11) is 0. The summed E-state index contributed by atoms with van der Waals surface area (Å²) in [4.78, 5) is 21.0. The second-order valence-electron chi connectivity index (χ2n) is 8.16. The Morgan fingerprint density at radius 3 is 1.59 bits per heavy atom. The number of thioether (sulfide) groups is 2. The average Bonchev–Trinajstić information content (AvgIpc) is 3.55. The fourth-order valence-electron chi connectivity index (χ4n) is 3.72. The third-order valence-electron chi connectivity index (χ3n) is 5.53. The van der Waals surface area contributed by atoms with Gasteiger partial charge in [-0.1, -0.05) is 34.7 Å². The van der Waals surface area contributed by atoms with Crippen LogP contribution in [0.15, 0.2) is 65.2 Å². The van der Waals surface area contributed by atoms with Gasteiger partial charge in [-0.2, -0.15) is 0 Å². The van der Waals surface area contributed by atoms with E-state index in [9.17, 15) is 20.2 Å². The fraction of sp³-hybridized carbons (Fsp3) is 0.217. The molecule has 0 radical (unpaired) electrons. The van der Waals surface area contributed by atoms with Crippen molar-refractivity contribution in [3.05, 3.63) is 108 Å². The first-order valence-corrected chi connectivity index (χ1v) is 13.2. The van der Waals surface area contributed by atoms with Gasteiger partial charge in [0.15, 0.2) is 0 Å². The molecule has 0 atom stereocenters. The van der Waals surface area contributed by atoms with Gasteiger partial charge in [0.1, 0.15) is 11.4 Å². The van der Waals surface area contributed by atoms with Gasteiger partial charge >= 0.3 is 0 Å². The Kier molecular flexibility index (Phi) is 7.28. The molecule has 0 aliphatic carbocycles. The number of nitrogens with zero attached hydrogens (tertiary/aromatic N) is 8. The molecule has 0 amide bonds. The molecule has 3 heterocycles. The highest BCUT2D eigenvalue weighted by atomic mass is 32.2. The van der Waals surface area contributed by atoms with Crippen molar-refractivity contribution in [2.24, 2.45) is 0 Å². The van der Waals surface area contributed by atoms with Crippen LogP contribution in [0.3, 0.4) is 0 Å². The van der Waals surface area contributed by atoms with Crippen LogP contribution in [0.25, 0.3) is 5.57 Å². The number of hydrogen-bond donors (Lipinski definition) is 0. The smallest absolute Gasteiger partial charge is 0.258 e. The monoisotopic (exact) mass is 536 g/mol. The van der Waals surface area contributed by atoms with Crippen molar-refractivity contribution in [3.63, 3.8) is 0 Å². The zero-order chi connectivity index (χ0) is 25.8. The van der Waals surface area contributed by atoms with E-state index in [1.54, 1.807) is 57.2 Å². The molecule has 188 valence electrons. The summed E-state index contributed by atoms with van der Waals surface area (Å²) in [5.74, 6) is 2.00. The molecule has 12 nitrogen and oxygen atoms in total. The Balaban J connectivity index is 1.39. The number of non-ortho nitro benzene ring substituents is 2. The number of aromatic nitrogens is 6. The van der Waals surface area contributed by atoms with Crippen molar-refractivity contribution in [1.82, 2.24) is 30.0 Å². The van der Waals surface area contributed by atoms with Gasteiger partial charge in [0.25, 0.3) is 11.4 Å². The molecule has 4 aromatic rings. The quantitative estimate of drug-likeness (QED) is 0.235. The van der Waals surface area contributed by atoms with Crippen LogP contribution in [0.5, 0.6) is 0 Å². The normalized spacial score (nSPS) is 13.5. The standard InChI is InChI=1S/C23H20N8O4S2/c32-30(33)18-6-2-16(3-7-18)12-28-14-20(24-26-28)22(23-36-10-1-11-37-23)21-15-29(27-25-21)13-17-4-8-19(9-5-17)31(34)35/h2-9,14-15H,1,10-13H2. The molecule has 2 aromatic carbocycles. The van der Waals surface area contributed by atoms with Crippen LogP contribution in [0, 0.1) is 20.2 Å². The van der Waals surface area contributed by atoms with E-state index >= 15 is 0 Å². The molecule has 0 N–H and O–H groups in total. The average molecular weight is 537 g/mol. The molecule has 0 unspecified atom stereocenters. The number of nitro groups is 2. The van der Waals surface area contributed by atoms with Crippen LogP contribution in [0.4, 0.5) is 11.4 Å². The highest BCUT2D eigenvalue weighted by Crippen LogP contribution is 2.42. The molecule has 1 aliphatic rings. The summed E-state index contributed by atoms with van der Waals surface area (Å²) in [6.07, 6.45) is 4.80. The van der Waals surface area contributed by atoms with E-state index in [1.807, 2.05) is 12.4 Å². The Morgan fingerprint density at radius 1 is 0.757 bits per heavy atom. The van der Waals surface area contributed by atoms with Crippen molar-refractivity contribution in [2.75, 3.05) is 11.5 Å². The minimum Gasteiger partial charge on any atom is -0.258 e. The maximum absolute atomic E-state index is 10.9. The molecule has 5 rings (SSSR count). The van der Waals surface area contributed by atoms with E-state index in [0.29, 0.717) is 24.5 Å². The van der Waals surface area contributed by atoms with Crippen LogP contribution < -0.4 is 0 Å². The van der Waals surface area contributed by atoms with Crippen molar-refractivity contribution in [2.45, 2.75) is 19.5 Å². The van der Waals surface area contributed by atoms with E-state index in [-0.39, 0.29) is 11.4 Å². The Labute approximate surface area is 219 Å². The van der Waals surface area contributed by atoms with E-state index < -0.39 is 9.85 Å². The van der Waals surface area contributed by atoms with E-state index in [1.165, 1.54) is 24.3 Å².